The number of aromatic nitrogens is 1. The van der Waals surface area contributed by atoms with E-state index in [1.807, 2.05) is 13.8 Å². The number of amides is 3. The molecule has 14 heteroatoms. The average Bonchev–Trinajstić information content (AvgIpc) is 3.35. The number of ether oxygens (including phenoxy) is 2. The number of rotatable bonds is 12. The number of benzene rings is 1. The maximum Gasteiger partial charge on any atom is 0.404 e. The maximum absolute atomic E-state index is 13.2. The Kier molecular flexibility index (Phi) is 10.2. The van der Waals surface area contributed by atoms with Crippen LogP contribution in [0.25, 0.3) is 10.9 Å². The summed E-state index contributed by atoms with van der Waals surface area (Å²) < 4.78 is 49.9. The first-order valence-electron chi connectivity index (χ1n) is 13.5. The van der Waals surface area contributed by atoms with Crippen molar-refractivity contribution < 1.29 is 46.6 Å². The Morgan fingerprint density at radius 2 is 1.86 bits per heavy atom. The molecule has 1 saturated heterocycles. The monoisotopic (exact) mass is 596 g/mol. The molecular formula is C28H35F3N4O7. The summed E-state index contributed by atoms with van der Waals surface area (Å²) in [6, 6.07) is 5.50. The highest BCUT2D eigenvalue weighted by Gasteiger charge is 2.54. The van der Waals surface area contributed by atoms with Gasteiger partial charge in [0.2, 0.25) is 11.8 Å². The van der Waals surface area contributed by atoms with Crippen LogP contribution in [0.2, 0.25) is 0 Å². The minimum absolute atomic E-state index is 0.0959. The number of piperidine rings is 1. The minimum Gasteiger partial charge on any atom is -0.490 e. The number of carbonyl (C=O) groups is 5. The fourth-order valence-electron chi connectivity index (χ4n) is 4.26. The third kappa shape index (κ3) is 8.01. The molecule has 0 aliphatic carbocycles. The Morgan fingerprint density at radius 3 is 2.50 bits per heavy atom. The van der Waals surface area contributed by atoms with Gasteiger partial charge in [-0.05, 0) is 65.2 Å². The van der Waals surface area contributed by atoms with Gasteiger partial charge >= 0.3 is 12.1 Å². The van der Waals surface area contributed by atoms with Crippen molar-refractivity contribution in [3.63, 3.8) is 0 Å². The van der Waals surface area contributed by atoms with E-state index in [9.17, 15) is 37.1 Å². The second kappa shape index (κ2) is 13.3. The fraction of sp³-hybridized carbons (Fsp3) is 0.536. The summed E-state index contributed by atoms with van der Waals surface area (Å²) in [7, 11) is 0. The van der Waals surface area contributed by atoms with Crippen molar-refractivity contribution >= 4 is 40.4 Å². The highest BCUT2D eigenvalue weighted by atomic mass is 19.4. The van der Waals surface area contributed by atoms with Crippen molar-refractivity contribution in [2.24, 2.45) is 11.3 Å². The molecule has 1 aromatic carbocycles. The van der Waals surface area contributed by atoms with Gasteiger partial charge in [0.25, 0.3) is 5.91 Å². The highest BCUT2D eigenvalue weighted by Crippen LogP contribution is 2.38. The molecule has 0 radical (unpaired) electrons. The summed E-state index contributed by atoms with van der Waals surface area (Å²) in [5.41, 5.74) is -2.06. The van der Waals surface area contributed by atoms with E-state index in [2.05, 4.69) is 25.7 Å². The molecule has 2 atom stereocenters. The molecule has 3 rings (SSSR count). The van der Waals surface area contributed by atoms with Gasteiger partial charge in [-0.2, -0.15) is 13.2 Å². The smallest absolute Gasteiger partial charge is 0.404 e. The summed E-state index contributed by atoms with van der Waals surface area (Å²) in [6.07, 6.45) is -4.11. The van der Waals surface area contributed by atoms with Crippen LogP contribution in [-0.4, -0.2) is 72.5 Å². The second-order valence-electron chi connectivity index (χ2n) is 10.9. The lowest BCUT2D eigenvalue weighted by molar-refractivity contribution is -0.224. The molecule has 11 nitrogen and oxygen atoms in total. The Balaban J connectivity index is 1.65. The molecule has 4 N–H and O–H groups in total. The predicted octanol–water partition coefficient (Wildman–Crippen LogP) is 2.79. The summed E-state index contributed by atoms with van der Waals surface area (Å²) in [6.45, 7) is 3.84. The zero-order valence-corrected chi connectivity index (χ0v) is 23.8. The van der Waals surface area contributed by atoms with Crippen molar-refractivity contribution in [3.05, 3.63) is 30.0 Å². The second-order valence-corrected chi connectivity index (χ2v) is 10.9. The number of H-pyrrole nitrogens is 1. The molecule has 1 aliphatic rings. The highest BCUT2D eigenvalue weighted by molar-refractivity contribution is 6.01. The van der Waals surface area contributed by atoms with Gasteiger partial charge in [0, 0.05) is 23.4 Å². The number of aromatic amines is 1. The van der Waals surface area contributed by atoms with Gasteiger partial charge < -0.3 is 30.4 Å². The summed E-state index contributed by atoms with van der Waals surface area (Å²) in [5, 5.41) is 8.18. The molecule has 1 aromatic heterocycles. The first-order valence-corrected chi connectivity index (χ1v) is 13.5. The zero-order valence-electron chi connectivity index (χ0n) is 23.8. The average molecular weight is 597 g/mol. The summed E-state index contributed by atoms with van der Waals surface area (Å²) >= 11 is 0. The molecule has 230 valence electrons. The van der Waals surface area contributed by atoms with Crippen molar-refractivity contribution in [2.45, 2.75) is 65.3 Å². The van der Waals surface area contributed by atoms with E-state index in [1.165, 1.54) is 0 Å². The first-order chi connectivity index (χ1) is 19.6. The summed E-state index contributed by atoms with van der Waals surface area (Å²) in [4.78, 5) is 65.6. The van der Waals surface area contributed by atoms with Crippen LogP contribution in [0.5, 0.6) is 5.75 Å². The van der Waals surface area contributed by atoms with Gasteiger partial charge in [0.1, 0.15) is 11.4 Å². The Bertz CT molecular complexity index is 1340. The number of fused-ring (bicyclic) bond motifs is 1. The third-order valence-corrected chi connectivity index (χ3v) is 6.85. The van der Waals surface area contributed by atoms with Gasteiger partial charge in [-0.25, -0.2) is 0 Å². The normalized spacial score (nSPS) is 16.5. The van der Waals surface area contributed by atoms with E-state index in [-0.39, 0.29) is 24.1 Å². The van der Waals surface area contributed by atoms with Crippen LogP contribution in [0, 0.1) is 11.3 Å². The van der Waals surface area contributed by atoms with E-state index in [0.29, 0.717) is 49.9 Å². The lowest BCUT2D eigenvalue weighted by Crippen LogP contribution is -2.50. The van der Waals surface area contributed by atoms with Gasteiger partial charge in [-0.3, -0.25) is 24.0 Å². The van der Waals surface area contributed by atoms with Gasteiger partial charge in [0.05, 0.1) is 18.7 Å². The van der Waals surface area contributed by atoms with Gasteiger partial charge in [-0.15, -0.1) is 0 Å². The topological polar surface area (TPSA) is 156 Å². The lowest BCUT2D eigenvalue weighted by Gasteiger charge is -2.27. The Labute approximate surface area is 240 Å². The quantitative estimate of drug-likeness (QED) is 0.275. The molecule has 1 fully saturated rings. The SMILES string of the molecule is CC(C)Oc1cccc2[nH]c(C(=O)NCC(=O)NC(C[C@@H]3CCCNC3=O)C(=O)COC(=O)C(C)(C)C(F)(F)F)cc12. The molecule has 1 unspecified atom stereocenters. The van der Waals surface area contributed by atoms with Crippen LogP contribution < -0.4 is 20.7 Å². The number of carbonyl (C=O) groups excluding carboxylic acids is 5. The van der Waals surface area contributed by atoms with Crippen LogP contribution in [0.3, 0.4) is 0 Å². The van der Waals surface area contributed by atoms with Gasteiger partial charge in [0.15, 0.2) is 17.8 Å². The van der Waals surface area contributed by atoms with Crippen LogP contribution in [-0.2, 0) is 23.9 Å². The number of esters is 1. The minimum atomic E-state index is -4.91. The lowest BCUT2D eigenvalue weighted by atomic mass is 9.90. The molecule has 3 amide bonds. The van der Waals surface area contributed by atoms with Crippen LogP contribution >= 0.6 is 0 Å². The zero-order chi connectivity index (χ0) is 31.2. The van der Waals surface area contributed by atoms with E-state index < -0.39 is 60.3 Å². The molecule has 2 heterocycles. The number of hydrogen-bond donors (Lipinski definition) is 4. The van der Waals surface area contributed by atoms with Crippen molar-refractivity contribution in [2.75, 3.05) is 19.7 Å². The van der Waals surface area contributed by atoms with E-state index in [1.54, 1.807) is 24.3 Å². The molecule has 0 spiro atoms. The number of Topliss-reactive ketones (excluding diaryl/α,β-unsaturated/α-hetero) is 1. The van der Waals surface area contributed by atoms with Crippen LogP contribution in [0.1, 0.15) is 57.4 Å². The molecule has 2 aromatic rings. The van der Waals surface area contributed by atoms with Crippen LogP contribution in [0.4, 0.5) is 13.2 Å². The number of ketones is 1. The van der Waals surface area contributed by atoms with E-state index in [4.69, 9.17) is 4.74 Å². The molecule has 1 aliphatic heterocycles. The van der Waals surface area contributed by atoms with Crippen LogP contribution in [0.15, 0.2) is 24.3 Å². The van der Waals surface area contributed by atoms with E-state index >= 15 is 0 Å². The number of nitrogens with one attached hydrogen (secondary N) is 4. The van der Waals surface area contributed by atoms with Crippen molar-refractivity contribution in [3.8, 4) is 5.75 Å². The number of halogens is 3. The predicted molar refractivity (Wildman–Crippen MR) is 144 cm³/mol. The molecule has 0 bridgehead atoms. The standard InChI is InChI=1S/C28H35F3N4O7/c1-15(2)42-22-9-5-8-18-17(22)12-20(34-18)25(39)33-13-23(37)35-19(11-16-7-6-10-32-24(16)38)21(36)14-41-26(40)27(3,4)28(29,30)31/h5,8-9,12,15-16,19,34H,6-7,10-11,13-14H2,1-4H3,(H,32,38)(H,33,39)(H,35,37)/t16-,19?/m0/s1. The molecule has 0 saturated carbocycles. The number of alkyl halides is 3. The Hall–Kier alpha value is -4.10. The maximum atomic E-state index is 13.2. The van der Waals surface area contributed by atoms with E-state index in [0.717, 1.165) is 0 Å². The molecule has 42 heavy (non-hydrogen) atoms. The van der Waals surface area contributed by atoms with Crippen molar-refractivity contribution in [1.29, 1.82) is 0 Å². The number of hydrogen-bond acceptors (Lipinski definition) is 7. The largest absolute Gasteiger partial charge is 0.490 e. The fourth-order valence-corrected chi connectivity index (χ4v) is 4.26. The summed E-state index contributed by atoms with van der Waals surface area (Å²) in [5.74, 6) is -4.38. The molecular weight excluding hydrogens is 561 g/mol. The first kappa shape index (κ1) is 32.4. The van der Waals surface area contributed by atoms with Gasteiger partial charge in [-0.1, -0.05) is 6.07 Å². The Morgan fingerprint density at radius 1 is 1.14 bits per heavy atom. The van der Waals surface area contributed by atoms with Crippen molar-refractivity contribution in [1.82, 2.24) is 20.9 Å². The third-order valence-electron chi connectivity index (χ3n) is 6.85.